The largest absolute Gasteiger partial charge is 0.761 e. The van der Waals surface area contributed by atoms with Crippen LogP contribution in [-0.2, 0) is 16.7 Å². The molecule has 6 heteroatoms. The fraction of sp³-hybridized carbons (Fsp3) is 0.588. The molecule has 130 valence electrons. The summed E-state index contributed by atoms with van der Waals surface area (Å²) >= 11 is 0. The molecule has 0 fully saturated rings. The van der Waals surface area contributed by atoms with E-state index in [1.54, 1.807) is 26.8 Å². The molecule has 1 aromatic rings. The zero-order valence-corrected chi connectivity index (χ0v) is 15.0. The van der Waals surface area contributed by atoms with E-state index in [0.717, 1.165) is 5.56 Å². The van der Waals surface area contributed by atoms with Gasteiger partial charge >= 0.3 is 6.09 Å². The van der Waals surface area contributed by atoms with Crippen molar-refractivity contribution < 1.29 is 14.3 Å². The molecule has 6 nitrogen and oxygen atoms in total. The fourth-order valence-electron chi connectivity index (χ4n) is 2.05. The second kappa shape index (κ2) is 7.08. The van der Waals surface area contributed by atoms with Gasteiger partial charge < -0.3 is 25.5 Å². The van der Waals surface area contributed by atoms with Gasteiger partial charge in [0.25, 0.3) is 0 Å². The first-order valence-corrected chi connectivity index (χ1v) is 7.54. The van der Waals surface area contributed by atoms with Crippen molar-refractivity contribution in [3.05, 3.63) is 28.5 Å². The first-order valence-electron chi connectivity index (χ1n) is 7.54. The normalized spacial score (nSPS) is 11.8. The lowest BCUT2D eigenvalue weighted by atomic mass is 9.85. The molecule has 1 rings (SSSR count). The second-order valence-electron chi connectivity index (χ2n) is 7.42. The number of rotatable bonds is 4. The number of anilines is 1. The van der Waals surface area contributed by atoms with E-state index in [2.05, 4.69) is 26.1 Å². The molecule has 0 heterocycles. The van der Waals surface area contributed by atoms with E-state index in [1.807, 2.05) is 11.5 Å². The first-order chi connectivity index (χ1) is 10.5. The highest BCUT2D eigenvalue weighted by atomic mass is 16.6. The molecule has 2 N–H and O–H groups in total. The van der Waals surface area contributed by atoms with Gasteiger partial charge in [-0.05, 0) is 43.9 Å². The lowest BCUT2D eigenvalue weighted by Gasteiger charge is -2.25. The third kappa shape index (κ3) is 5.63. The van der Waals surface area contributed by atoms with Crippen LogP contribution in [0.25, 0.3) is 0 Å². The van der Waals surface area contributed by atoms with Gasteiger partial charge in [-0.2, -0.15) is 0 Å². The monoisotopic (exact) mass is 323 g/mol. The van der Waals surface area contributed by atoms with Crippen molar-refractivity contribution in [1.82, 2.24) is 5.32 Å². The summed E-state index contributed by atoms with van der Waals surface area (Å²) in [4.78, 5) is 11.8. The Hall–Kier alpha value is -1.95. The van der Waals surface area contributed by atoms with Gasteiger partial charge in [0, 0.05) is 12.1 Å². The molecule has 0 aliphatic carbocycles. The molecular formula is C17H27N2O4-. The maximum atomic E-state index is 11.8. The Morgan fingerprint density at radius 3 is 2.22 bits per heavy atom. The summed E-state index contributed by atoms with van der Waals surface area (Å²) in [5, 5.41) is 13.9. The van der Waals surface area contributed by atoms with Crippen LogP contribution >= 0.6 is 0 Å². The van der Waals surface area contributed by atoms with Crippen LogP contribution in [0.2, 0.25) is 0 Å². The number of hydrogen-bond donors (Lipinski definition) is 2. The van der Waals surface area contributed by atoms with E-state index in [4.69, 9.17) is 9.47 Å². The van der Waals surface area contributed by atoms with E-state index in [1.165, 1.54) is 7.11 Å². The van der Waals surface area contributed by atoms with Crippen LogP contribution in [0.4, 0.5) is 10.5 Å². The van der Waals surface area contributed by atoms with Gasteiger partial charge in [-0.1, -0.05) is 20.8 Å². The van der Waals surface area contributed by atoms with Crippen molar-refractivity contribution in [2.24, 2.45) is 0 Å². The second-order valence-corrected chi connectivity index (χ2v) is 7.42. The predicted molar refractivity (Wildman–Crippen MR) is 91.8 cm³/mol. The molecule has 1 aromatic carbocycles. The zero-order valence-electron chi connectivity index (χ0n) is 15.0. The van der Waals surface area contributed by atoms with Gasteiger partial charge in [-0.15, -0.1) is 0 Å². The molecule has 0 saturated carbocycles. The van der Waals surface area contributed by atoms with Crippen LogP contribution < -0.4 is 15.5 Å². The van der Waals surface area contributed by atoms with Crippen LogP contribution in [0.15, 0.2) is 12.1 Å². The van der Waals surface area contributed by atoms with Crippen molar-refractivity contribution in [2.75, 3.05) is 12.6 Å². The van der Waals surface area contributed by atoms with Crippen LogP contribution in [-0.4, -0.2) is 18.8 Å². The average Bonchev–Trinajstić information content (AvgIpc) is 2.40. The standard InChI is InChI=1S/C17H27N2O4/c1-16(2,3)12-8-11(14(22-7)13(9-12)19-21)10-18-15(20)23-17(4,5)6/h8-9,19H,10H2,1-7H3,(H,18,20)/q-1. The minimum absolute atomic E-state index is 0.140. The summed E-state index contributed by atoms with van der Waals surface area (Å²) in [6.45, 7) is 11.8. The third-order valence-electron chi connectivity index (χ3n) is 3.17. The summed E-state index contributed by atoms with van der Waals surface area (Å²) < 4.78 is 10.5. The minimum Gasteiger partial charge on any atom is -0.761 e. The lowest BCUT2D eigenvalue weighted by Crippen LogP contribution is -2.32. The number of methoxy groups -OCH3 is 1. The van der Waals surface area contributed by atoms with Crippen LogP contribution in [0.1, 0.15) is 52.7 Å². The van der Waals surface area contributed by atoms with Gasteiger partial charge in [-0.3, -0.25) is 0 Å². The van der Waals surface area contributed by atoms with Crippen molar-refractivity contribution in [1.29, 1.82) is 0 Å². The molecular weight excluding hydrogens is 296 g/mol. The van der Waals surface area contributed by atoms with Gasteiger partial charge in [-0.25, -0.2) is 4.79 Å². The SMILES string of the molecule is COc1c(CNC(=O)OC(C)(C)C)cc(C(C)(C)C)cc1N[O-]. The predicted octanol–water partition coefficient (Wildman–Crippen LogP) is 3.93. The maximum Gasteiger partial charge on any atom is 0.407 e. The number of benzene rings is 1. The Balaban J connectivity index is 3.06. The molecule has 1 amide bonds. The summed E-state index contributed by atoms with van der Waals surface area (Å²) in [6.07, 6.45) is -0.516. The molecule has 0 aromatic heterocycles. The van der Waals surface area contributed by atoms with Crippen LogP contribution in [0.5, 0.6) is 5.75 Å². The lowest BCUT2D eigenvalue weighted by molar-refractivity contribution is 0.0523. The molecule has 0 atom stereocenters. The van der Waals surface area contributed by atoms with E-state index in [9.17, 15) is 10.0 Å². The number of nitrogens with one attached hydrogen (secondary N) is 2. The Kier molecular flexibility index (Phi) is 5.88. The number of ether oxygens (including phenoxy) is 2. The third-order valence-corrected chi connectivity index (χ3v) is 3.17. The maximum absolute atomic E-state index is 11.8. The average molecular weight is 323 g/mol. The summed E-state index contributed by atoms with van der Waals surface area (Å²) in [5.41, 5.74) is 3.23. The van der Waals surface area contributed by atoms with Gasteiger partial charge in [0.1, 0.15) is 11.4 Å². The Bertz CT molecular complexity index is 557. The summed E-state index contributed by atoms with van der Waals surface area (Å²) in [7, 11) is 1.49. The van der Waals surface area contributed by atoms with Gasteiger partial charge in [0.2, 0.25) is 0 Å². The smallest absolute Gasteiger partial charge is 0.407 e. The Morgan fingerprint density at radius 1 is 1.17 bits per heavy atom. The summed E-state index contributed by atoms with van der Waals surface area (Å²) in [6, 6.07) is 3.69. The molecule has 0 unspecified atom stereocenters. The van der Waals surface area contributed by atoms with Crippen molar-refractivity contribution >= 4 is 11.8 Å². The van der Waals surface area contributed by atoms with Gasteiger partial charge in [0.15, 0.2) is 0 Å². The van der Waals surface area contributed by atoms with Crippen molar-refractivity contribution in [3.63, 3.8) is 0 Å². The van der Waals surface area contributed by atoms with Crippen molar-refractivity contribution in [2.45, 2.75) is 59.1 Å². The molecule has 0 spiro atoms. The minimum atomic E-state index is -0.566. The van der Waals surface area contributed by atoms with E-state index >= 15 is 0 Å². The van der Waals surface area contributed by atoms with Crippen LogP contribution in [0.3, 0.4) is 0 Å². The number of alkyl carbamates (subject to hydrolysis) is 1. The van der Waals surface area contributed by atoms with Crippen molar-refractivity contribution in [3.8, 4) is 5.75 Å². The molecule has 0 bridgehead atoms. The quantitative estimate of drug-likeness (QED) is 0.820. The van der Waals surface area contributed by atoms with E-state index in [-0.39, 0.29) is 12.0 Å². The molecule has 0 aliphatic rings. The number of carbonyl (C=O) groups excluding carboxylic acids is 1. The highest BCUT2D eigenvalue weighted by molar-refractivity contribution is 5.69. The number of hydrogen-bond acceptors (Lipinski definition) is 5. The van der Waals surface area contributed by atoms with E-state index in [0.29, 0.717) is 17.0 Å². The van der Waals surface area contributed by atoms with Crippen LogP contribution in [0, 0.1) is 5.21 Å². The number of carbonyl (C=O) groups is 1. The number of amides is 1. The van der Waals surface area contributed by atoms with Gasteiger partial charge in [0.05, 0.1) is 12.8 Å². The fourth-order valence-corrected chi connectivity index (χ4v) is 2.05. The topological polar surface area (TPSA) is 82.7 Å². The highest BCUT2D eigenvalue weighted by Gasteiger charge is 2.20. The van der Waals surface area contributed by atoms with E-state index < -0.39 is 11.7 Å². The Morgan fingerprint density at radius 2 is 1.78 bits per heavy atom. The first kappa shape index (κ1) is 19.1. The molecule has 0 radical (unpaired) electrons. The molecule has 23 heavy (non-hydrogen) atoms. The highest BCUT2D eigenvalue weighted by Crippen LogP contribution is 2.35. The molecule has 0 aliphatic heterocycles. The Labute approximate surface area is 138 Å². The zero-order chi connectivity index (χ0) is 17.8. The summed E-state index contributed by atoms with van der Waals surface area (Å²) in [5.74, 6) is 0.420. The molecule has 0 saturated heterocycles.